The van der Waals surface area contributed by atoms with Crippen LogP contribution in [0.25, 0.3) is 0 Å². The Morgan fingerprint density at radius 2 is 1.20 bits per heavy atom. The first-order chi connectivity index (χ1) is 26.4. The van der Waals surface area contributed by atoms with Crippen LogP contribution < -0.4 is 4.74 Å². The van der Waals surface area contributed by atoms with E-state index in [0.29, 0.717) is 75.7 Å². The van der Waals surface area contributed by atoms with E-state index in [1.165, 1.54) is 0 Å². The van der Waals surface area contributed by atoms with Gasteiger partial charge in [-0.3, -0.25) is 0 Å². The average molecular weight is 779 g/mol. The van der Waals surface area contributed by atoms with E-state index in [2.05, 4.69) is 0 Å². The molecule has 0 bridgehead atoms. The molecular weight excluding hydrogens is 722 g/mol. The van der Waals surface area contributed by atoms with Gasteiger partial charge < -0.3 is 42.6 Å². The van der Waals surface area contributed by atoms with E-state index in [1.54, 1.807) is 18.2 Å². The fourth-order valence-corrected chi connectivity index (χ4v) is 8.61. The third-order valence-electron chi connectivity index (χ3n) is 11.3. The lowest BCUT2D eigenvalue weighted by atomic mass is 9.69. The van der Waals surface area contributed by atoms with Gasteiger partial charge in [-0.1, -0.05) is 35.9 Å². The molecule has 54 heavy (non-hydrogen) atoms. The molecule has 4 saturated heterocycles. The van der Waals surface area contributed by atoms with Crippen LogP contribution in [0.5, 0.6) is 5.75 Å². The number of hydrogen-bond donors (Lipinski definition) is 0. The Balaban J connectivity index is 1.29. The zero-order valence-corrected chi connectivity index (χ0v) is 32.2. The van der Waals surface area contributed by atoms with Gasteiger partial charge in [0.25, 0.3) is 5.92 Å². The van der Waals surface area contributed by atoms with Crippen LogP contribution in [0.1, 0.15) is 107 Å². The van der Waals surface area contributed by atoms with E-state index in [1.807, 2.05) is 31.2 Å². The molecule has 1 saturated carbocycles. The van der Waals surface area contributed by atoms with Crippen LogP contribution in [-0.4, -0.2) is 89.0 Å². The van der Waals surface area contributed by atoms with Crippen molar-refractivity contribution in [1.29, 1.82) is 0 Å². The molecule has 0 aromatic heterocycles. The Hall–Kier alpha value is -1.93. The molecule has 300 valence electrons. The summed E-state index contributed by atoms with van der Waals surface area (Å²) < 4.78 is 92.2. The van der Waals surface area contributed by atoms with Gasteiger partial charge in [0.15, 0.2) is 25.2 Å². The summed E-state index contributed by atoms with van der Waals surface area (Å²) in [5.41, 5.74) is 2.11. The predicted octanol–water partition coefficient (Wildman–Crippen LogP) is 8.96. The molecule has 9 nitrogen and oxygen atoms in total. The van der Waals surface area contributed by atoms with E-state index in [9.17, 15) is 0 Å². The lowest BCUT2D eigenvalue weighted by Gasteiger charge is -2.52. The molecule has 2 aromatic rings. The highest BCUT2D eigenvalue weighted by atomic mass is 35.5. The van der Waals surface area contributed by atoms with Gasteiger partial charge in [-0.15, -0.1) is 0 Å². The zero-order valence-electron chi connectivity index (χ0n) is 31.5. The maximum atomic E-state index is 18.0. The largest absolute Gasteiger partial charge is 0.494 e. The molecule has 0 N–H and O–H groups in total. The van der Waals surface area contributed by atoms with Gasteiger partial charge in [0.1, 0.15) is 24.1 Å². The minimum absolute atomic E-state index is 0.295. The highest BCUT2D eigenvalue weighted by Crippen LogP contribution is 2.53. The van der Waals surface area contributed by atoms with Gasteiger partial charge >= 0.3 is 0 Å². The van der Waals surface area contributed by atoms with Crippen molar-refractivity contribution in [3.8, 4) is 5.75 Å². The van der Waals surface area contributed by atoms with Crippen molar-refractivity contribution in [3.05, 3.63) is 64.2 Å². The molecule has 5 fully saturated rings. The van der Waals surface area contributed by atoms with Gasteiger partial charge in [-0.2, -0.15) is 0 Å². The monoisotopic (exact) mass is 778 g/mol. The number of benzene rings is 2. The number of alkyl halides is 2. The van der Waals surface area contributed by atoms with Gasteiger partial charge in [0.2, 0.25) is 0 Å². The second kappa shape index (κ2) is 19.5. The fraction of sp³-hybridized carbons (Fsp3) is 0.714. The molecule has 9 atom stereocenters. The minimum Gasteiger partial charge on any atom is -0.494 e. The lowest BCUT2D eigenvalue weighted by Crippen LogP contribution is -2.65. The summed E-state index contributed by atoms with van der Waals surface area (Å²) in [4.78, 5) is 0. The first-order valence-electron chi connectivity index (χ1n) is 20.3. The number of hydrogen-bond acceptors (Lipinski definition) is 9. The second-order valence-corrected chi connectivity index (χ2v) is 15.6. The summed E-state index contributed by atoms with van der Waals surface area (Å²) in [6.07, 6.45) is 4.33. The Bertz CT molecular complexity index is 1430. The topological polar surface area (TPSA) is 83.1 Å². The molecule has 7 rings (SSSR count). The van der Waals surface area contributed by atoms with Gasteiger partial charge in [0, 0.05) is 31.5 Å². The summed E-state index contributed by atoms with van der Waals surface area (Å²) in [7, 11) is 0. The van der Waals surface area contributed by atoms with Crippen LogP contribution in [0.4, 0.5) is 8.78 Å². The Morgan fingerprint density at radius 3 is 1.74 bits per heavy atom. The quantitative estimate of drug-likeness (QED) is 0.187. The zero-order chi connectivity index (χ0) is 37.3. The van der Waals surface area contributed by atoms with Crippen molar-refractivity contribution in [2.45, 2.75) is 146 Å². The van der Waals surface area contributed by atoms with Crippen molar-refractivity contribution in [1.82, 2.24) is 0 Å². The van der Waals surface area contributed by atoms with Crippen molar-refractivity contribution >= 4 is 11.6 Å². The first-order valence-corrected chi connectivity index (χ1v) is 20.7. The van der Waals surface area contributed by atoms with Crippen molar-refractivity contribution in [2.75, 3.05) is 39.6 Å². The summed E-state index contributed by atoms with van der Waals surface area (Å²) >= 11 is 6.81. The maximum Gasteiger partial charge on any atom is 0.265 e. The molecule has 5 aliphatic rings. The van der Waals surface area contributed by atoms with Crippen LogP contribution in [0, 0.1) is 5.92 Å². The van der Waals surface area contributed by atoms with Crippen molar-refractivity contribution < 1.29 is 51.4 Å². The Morgan fingerprint density at radius 1 is 0.667 bits per heavy atom. The molecular formula is C42H57ClF2O9. The molecule has 0 spiro atoms. The standard InChI is InChI=1S/C42H57ClF2O9/c1-2-46-31-18-15-28(16-19-31)25-30-26-29(17-20-33(30)43)38-40(53-36-13-5-9-23-49-36)41(54-37-14-6-10-24-50-37)39(52-35-12-4-8-22-48-35)32(42(38,44)45)27-51-34-11-3-7-21-47-34/h15-20,26,32,34-41H,2-14,21-25,27H2,1H3/t32-,34?,35?,36?,37?,38+,39-,40+,41+/m1/s1. The number of rotatable bonds is 14. The van der Waals surface area contributed by atoms with Crippen LogP contribution in [0.15, 0.2) is 42.5 Å². The highest BCUT2D eigenvalue weighted by molar-refractivity contribution is 6.31. The van der Waals surface area contributed by atoms with Crippen LogP contribution in [0.3, 0.4) is 0 Å². The Kier molecular flexibility index (Phi) is 14.5. The maximum absolute atomic E-state index is 18.0. The van der Waals surface area contributed by atoms with Gasteiger partial charge in [0.05, 0.1) is 25.0 Å². The minimum atomic E-state index is -3.40. The molecule has 12 heteroatoms. The van der Waals surface area contributed by atoms with E-state index in [4.69, 9.17) is 54.2 Å². The second-order valence-electron chi connectivity index (χ2n) is 15.2. The molecule has 4 aliphatic heterocycles. The normalized spacial score (nSPS) is 33.3. The van der Waals surface area contributed by atoms with Crippen LogP contribution in [0.2, 0.25) is 5.02 Å². The number of halogens is 3. The van der Waals surface area contributed by atoms with Crippen molar-refractivity contribution in [2.24, 2.45) is 5.92 Å². The number of ether oxygens (including phenoxy) is 9. The van der Waals surface area contributed by atoms with Crippen LogP contribution in [-0.2, 0) is 44.3 Å². The smallest absolute Gasteiger partial charge is 0.265 e. The molecule has 4 heterocycles. The van der Waals surface area contributed by atoms with E-state index >= 15 is 8.78 Å². The highest BCUT2D eigenvalue weighted by Gasteiger charge is 2.65. The third-order valence-corrected chi connectivity index (χ3v) is 11.6. The average Bonchev–Trinajstić information content (AvgIpc) is 3.19. The van der Waals surface area contributed by atoms with Gasteiger partial charge in [-0.05, 0) is 125 Å². The molecule has 1 aliphatic carbocycles. The SMILES string of the molecule is CCOc1ccc(Cc2cc([C@H]3[C@H](OC4CCCCO4)[C@@H](OC4CCCCO4)[C@H](OC4CCCCO4)[C@@H](COC4CCCCO4)C3(F)F)ccc2Cl)cc1. The van der Waals surface area contributed by atoms with E-state index in [0.717, 1.165) is 68.2 Å². The molecule has 0 radical (unpaired) electrons. The fourth-order valence-electron chi connectivity index (χ4n) is 8.42. The lowest BCUT2D eigenvalue weighted by molar-refractivity contribution is -0.342. The summed E-state index contributed by atoms with van der Waals surface area (Å²) in [5.74, 6) is -5.51. The predicted molar refractivity (Wildman–Crippen MR) is 198 cm³/mol. The van der Waals surface area contributed by atoms with E-state index < -0.39 is 61.2 Å². The molecule has 2 aromatic carbocycles. The summed E-state index contributed by atoms with van der Waals surface area (Å²) in [5, 5.41) is 0.494. The molecule has 4 unspecified atom stereocenters. The summed E-state index contributed by atoms with van der Waals surface area (Å²) in [6.45, 7) is 4.27. The Labute approximate surface area is 323 Å². The van der Waals surface area contributed by atoms with Crippen LogP contribution >= 0.6 is 11.6 Å². The molecule has 0 amide bonds. The summed E-state index contributed by atoms with van der Waals surface area (Å²) in [6, 6.07) is 13.0. The van der Waals surface area contributed by atoms with Crippen molar-refractivity contribution in [3.63, 3.8) is 0 Å². The first kappa shape index (κ1) is 40.3. The third kappa shape index (κ3) is 10.1. The van der Waals surface area contributed by atoms with E-state index in [-0.39, 0.29) is 6.61 Å². The van der Waals surface area contributed by atoms with Gasteiger partial charge in [-0.25, -0.2) is 8.78 Å².